The number of rotatable bonds is 3. The molecule has 84 valence electrons. The van der Waals surface area contributed by atoms with Crippen molar-refractivity contribution in [2.45, 2.75) is 13.5 Å². The Morgan fingerprint density at radius 3 is 3.12 bits per heavy atom. The number of aryl methyl sites for hydroxylation is 1. The van der Waals surface area contributed by atoms with Gasteiger partial charge in [-0.1, -0.05) is 5.16 Å². The molecular formula is C10H12N4OS. The fourth-order valence-corrected chi connectivity index (χ4v) is 2.09. The van der Waals surface area contributed by atoms with Crippen molar-refractivity contribution < 1.29 is 5.21 Å². The van der Waals surface area contributed by atoms with E-state index in [-0.39, 0.29) is 5.84 Å². The molecule has 0 aromatic carbocycles. The van der Waals surface area contributed by atoms with Crippen LogP contribution in [0.15, 0.2) is 28.9 Å². The van der Waals surface area contributed by atoms with Crippen molar-refractivity contribution in [3.05, 3.63) is 40.1 Å². The molecule has 16 heavy (non-hydrogen) atoms. The molecule has 2 rings (SSSR count). The van der Waals surface area contributed by atoms with Crippen LogP contribution in [0.4, 0.5) is 0 Å². The van der Waals surface area contributed by atoms with Gasteiger partial charge in [0, 0.05) is 11.6 Å². The second kappa shape index (κ2) is 4.36. The van der Waals surface area contributed by atoms with Crippen molar-refractivity contribution in [1.82, 2.24) is 9.55 Å². The van der Waals surface area contributed by atoms with Crippen LogP contribution < -0.4 is 5.73 Å². The maximum Gasteiger partial charge on any atom is 0.186 e. The van der Waals surface area contributed by atoms with Gasteiger partial charge in [-0.15, -0.1) is 11.3 Å². The van der Waals surface area contributed by atoms with Crippen LogP contribution >= 0.6 is 11.3 Å². The number of aromatic nitrogens is 2. The molecule has 6 heteroatoms. The molecule has 5 nitrogen and oxygen atoms in total. The molecule has 0 aliphatic carbocycles. The summed E-state index contributed by atoms with van der Waals surface area (Å²) in [6.07, 6.45) is 1.88. The smallest absolute Gasteiger partial charge is 0.186 e. The summed E-state index contributed by atoms with van der Waals surface area (Å²) >= 11 is 1.61. The number of hydrogen-bond donors (Lipinski definition) is 2. The fraction of sp³-hybridized carbons (Fsp3) is 0.200. The molecule has 0 aliphatic heterocycles. The summed E-state index contributed by atoms with van der Waals surface area (Å²) in [5, 5.41) is 14.7. The number of amidine groups is 1. The maximum absolute atomic E-state index is 8.64. The third kappa shape index (κ3) is 2.06. The molecule has 3 N–H and O–H groups in total. The minimum Gasteiger partial charge on any atom is -0.409 e. The van der Waals surface area contributed by atoms with Gasteiger partial charge >= 0.3 is 0 Å². The zero-order valence-corrected chi connectivity index (χ0v) is 9.61. The Morgan fingerprint density at radius 1 is 1.69 bits per heavy atom. The summed E-state index contributed by atoms with van der Waals surface area (Å²) < 4.78 is 1.89. The quantitative estimate of drug-likeness (QED) is 0.366. The third-order valence-electron chi connectivity index (χ3n) is 2.20. The molecule has 0 spiro atoms. The van der Waals surface area contributed by atoms with Crippen molar-refractivity contribution in [1.29, 1.82) is 0 Å². The highest BCUT2D eigenvalue weighted by Crippen LogP contribution is 2.11. The zero-order valence-electron chi connectivity index (χ0n) is 8.79. The van der Waals surface area contributed by atoms with Gasteiger partial charge in [0.1, 0.15) is 0 Å². The molecule has 0 unspecified atom stereocenters. The Labute approximate surface area is 96.8 Å². The first-order valence-corrected chi connectivity index (χ1v) is 5.62. The van der Waals surface area contributed by atoms with Crippen molar-refractivity contribution in [3.8, 4) is 0 Å². The summed E-state index contributed by atoms with van der Waals surface area (Å²) in [6.45, 7) is 2.59. The van der Waals surface area contributed by atoms with Gasteiger partial charge in [0.2, 0.25) is 0 Å². The van der Waals surface area contributed by atoms with Gasteiger partial charge in [-0.25, -0.2) is 4.98 Å². The lowest BCUT2D eigenvalue weighted by atomic mass is 10.4. The van der Waals surface area contributed by atoms with Crippen LogP contribution in [0, 0.1) is 6.92 Å². The topological polar surface area (TPSA) is 76.4 Å². The molecule has 2 heterocycles. The Bertz CT molecular complexity index is 514. The normalized spacial score (nSPS) is 11.9. The van der Waals surface area contributed by atoms with Gasteiger partial charge < -0.3 is 15.5 Å². The molecule has 0 bridgehead atoms. The van der Waals surface area contributed by atoms with Crippen LogP contribution in [0.1, 0.15) is 16.4 Å². The van der Waals surface area contributed by atoms with Gasteiger partial charge in [0.15, 0.2) is 5.84 Å². The number of thiazole rings is 1. The van der Waals surface area contributed by atoms with Crippen molar-refractivity contribution in [2.24, 2.45) is 10.9 Å². The fourth-order valence-electron chi connectivity index (χ4n) is 1.49. The monoisotopic (exact) mass is 236 g/mol. The van der Waals surface area contributed by atoms with Crippen molar-refractivity contribution in [3.63, 3.8) is 0 Å². The molecule has 0 saturated heterocycles. The first kappa shape index (κ1) is 10.7. The summed E-state index contributed by atoms with van der Waals surface area (Å²) in [7, 11) is 0. The van der Waals surface area contributed by atoms with E-state index in [4.69, 9.17) is 10.9 Å². The predicted molar refractivity (Wildman–Crippen MR) is 62.9 cm³/mol. The highest BCUT2D eigenvalue weighted by molar-refractivity contribution is 7.09. The molecule has 0 fully saturated rings. The number of nitrogens with zero attached hydrogens (tertiary/aromatic N) is 3. The van der Waals surface area contributed by atoms with Crippen LogP contribution in [0.3, 0.4) is 0 Å². The zero-order chi connectivity index (χ0) is 11.5. The Kier molecular flexibility index (Phi) is 2.91. The molecular weight excluding hydrogens is 224 g/mol. The average molecular weight is 236 g/mol. The first-order chi connectivity index (χ1) is 7.70. The van der Waals surface area contributed by atoms with Gasteiger partial charge in [-0.3, -0.25) is 0 Å². The van der Waals surface area contributed by atoms with Crippen LogP contribution in [-0.4, -0.2) is 20.6 Å². The summed E-state index contributed by atoms with van der Waals surface area (Å²) in [5.74, 6) is 0.108. The highest BCUT2D eigenvalue weighted by atomic mass is 32.1. The second-order valence-electron chi connectivity index (χ2n) is 3.36. The van der Waals surface area contributed by atoms with E-state index < -0.39 is 0 Å². The molecule has 2 aromatic heterocycles. The minimum absolute atomic E-state index is 0.108. The first-order valence-electron chi connectivity index (χ1n) is 4.74. The summed E-state index contributed by atoms with van der Waals surface area (Å²) in [4.78, 5) is 4.37. The van der Waals surface area contributed by atoms with E-state index in [2.05, 4.69) is 10.1 Å². The number of nitrogens with two attached hydrogens (primary N) is 1. The van der Waals surface area contributed by atoms with Crippen molar-refractivity contribution in [2.75, 3.05) is 0 Å². The van der Waals surface area contributed by atoms with Crippen molar-refractivity contribution >= 4 is 17.2 Å². The molecule has 0 aliphatic rings. The molecule has 2 aromatic rings. The van der Waals surface area contributed by atoms with Gasteiger partial charge in [-0.2, -0.15) is 0 Å². The van der Waals surface area contributed by atoms with Crippen LogP contribution in [-0.2, 0) is 6.54 Å². The second-order valence-corrected chi connectivity index (χ2v) is 4.43. The number of hydrogen-bond acceptors (Lipinski definition) is 4. The van der Waals surface area contributed by atoms with Gasteiger partial charge in [-0.05, 0) is 19.1 Å². The predicted octanol–water partition coefficient (Wildman–Crippen LogP) is 1.40. The number of oxime groups is 1. The molecule has 0 atom stereocenters. The molecule has 0 saturated carbocycles. The lowest BCUT2D eigenvalue weighted by molar-refractivity contribution is 0.318. The van der Waals surface area contributed by atoms with E-state index in [0.717, 1.165) is 10.7 Å². The van der Waals surface area contributed by atoms with Gasteiger partial charge in [0.25, 0.3) is 0 Å². The SMILES string of the molecule is Cc1nc(Cn2cccc2/C(N)=N/O)cs1. The Hall–Kier alpha value is -1.82. The van der Waals surface area contributed by atoms with E-state index in [0.29, 0.717) is 12.2 Å². The Morgan fingerprint density at radius 2 is 2.50 bits per heavy atom. The summed E-state index contributed by atoms with van der Waals surface area (Å²) in [5.41, 5.74) is 7.23. The van der Waals surface area contributed by atoms with E-state index in [1.54, 1.807) is 17.4 Å². The van der Waals surface area contributed by atoms with Crippen LogP contribution in [0.5, 0.6) is 0 Å². The largest absolute Gasteiger partial charge is 0.409 e. The molecule has 0 radical (unpaired) electrons. The van der Waals surface area contributed by atoms with Crippen LogP contribution in [0.2, 0.25) is 0 Å². The highest BCUT2D eigenvalue weighted by Gasteiger charge is 2.07. The maximum atomic E-state index is 8.64. The third-order valence-corrected chi connectivity index (χ3v) is 3.02. The minimum atomic E-state index is 0.108. The van der Waals surface area contributed by atoms with Crippen LogP contribution in [0.25, 0.3) is 0 Å². The van der Waals surface area contributed by atoms with E-state index in [1.165, 1.54) is 0 Å². The van der Waals surface area contributed by atoms with Gasteiger partial charge in [0.05, 0.1) is 22.9 Å². The van der Waals surface area contributed by atoms with E-state index in [1.807, 2.05) is 29.1 Å². The van der Waals surface area contributed by atoms with E-state index >= 15 is 0 Å². The van der Waals surface area contributed by atoms with E-state index in [9.17, 15) is 0 Å². The lowest BCUT2D eigenvalue weighted by Crippen LogP contribution is -2.18. The Balaban J connectivity index is 2.25. The average Bonchev–Trinajstić information content (AvgIpc) is 2.87. The lowest BCUT2D eigenvalue weighted by Gasteiger charge is -2.05. The standard InChI is InChI=1S/C10H12N4OS/c1-7-12-8(6-16-7)5-14-4-2-3-9(14)10(11)13-15/h2-4,6,15H,5H2,1H3,(H2,11,13). The summed E-state index contributed by atoms with van der Waals surface area (Å²) in [6, 6.07) is 3.65. The molecule has 0 amide bonds.